The van der Waals surface area contributed by atoms with E-state index in [1.54, 1.807) is 0 Å². The summed E-state index contributed by atoms with van der Waals surface area (Å²) < 4.78 is 74.2. The Labute approximate surface area is 194 Å². The summed E-state index contributed by atoms with van der Waals surface area (Å²) in [7, 11) is -4.98. The molecule has 0 unspecified atom stereocenters. The standard InChI is InChI=1S/C21H17F4N2O7P/c1-11-8-13(22)3-5-17(11)34-18-4-2-12(21(23,24)25)9-14(18)20(29)27-16-6-7-26-19(28)15(16)10-33-35(30,31)32/h2-9H,10H2,1H3,(H2,30,31,32)(H2,26,27,28,29). The molecular weight excluding hydrogens is 499 g/mol. The number of phosphoric acid groups is 1. The van der Waals surface area contributed by atoms with Gasteiger partial charge >= 0.3 is 14.0 Å². The Kier molecular flexibility index (Phi) is 7.46. The number of H-pyrrole nitrogens is 1. The topological polar surface area (TPSA) is 138 Å². The zero-order chi connectivity index (χ0) is 26.0. The van der Waals surface area contributed by atoms with Crippen molar-refractivity contribution in [3.05, 3.63) is 87.1 Å². The van der Waals surface area contributed by atoms with E-state index in [0.29, 0.717) is 17.7 Å². The number of aromatic amines is 1. The van der Waals surface area contributed by atoms with Gasteiger partial charge in [-0.3, -0.25) is 14.1 Å². The maximum absolute atomic E-state index is 13.4. The summed E-state index contributed by atoms with van der Waals surface area (Å²) in [6.07, 6.45) is -3.70. The third kappa shape index (κ3) is 6.76. The summed E-state index contributed by atoms with van der Waals surface area (Å²) in [6.45, 7) is 0.586. The number of hydrogen-bond donors (Lipinski definition) is 4. The molecule has 0 saturated carbocycles. The van der Waals surface area contributed by atoms with Crippen LogP contribution >= 0.6 is 7.82 Å². The molecule has 186 valence electrons. The number of pyridine rings is 1. The van der Waals surface area contributed by atoms with E-state index in [2.05, 4.69) is 14.8 Å². The van der Waals surface area contributed by atoms with Gasteiger partial charge in [-0.1, -0.05) is 0 Å². The van der Waals surface area contributed by atoms with Crippen molar-refractivity contribution in [2.24, 2.45) is 0 Å². The van der Waals surface area contributed by atoms with Gasteiger partial charge < -0.3 is 24.8 Å². The quantitative estimate of drug-likeness (QED) is 0.268. The highest BCUT2D eigenvalue weighted by molar-refractivity contribution is 7.46. The summed E-state index contributed by atoms with van der Waals surface area (Å²) in [5.41, 5.74) is -2.96. The highest BCUT2D eigenvalue weighted by Gasteiger charge is 2.32. The molecule has 0 aliphatic rings. The number of rotatable bonds is 7. The maximum Gasteiger partial charge on any atom is 0.469 e. The summed E-state index contributed by atoms with van der Waals surface area (Å²) >= 11 is 0. The Morgan fingerprint density at radius 2 is 1.80 bits per heavy atom. The molecule has 14 heteroatoms. The average molecular weight is 516 g/mol. The van der Waals surface area contributed by atoms with Crippen LogP contribution in [0.5, 0.6) is 11.5 Å². The number of benzene rings is 2. The van der Waals surface area contributed by atoms with Crippen LogP contribution in [0, 0.1) is 12.7 Å². The number of nitrogens with one attached hydrogen (secondary N) is 2. The molecule has 9 nitrogen and oxygen atoms in total. The van der Waals surface area contributed by atoms with Gasteiger partial charge in [0.25, 0.3) is 11.5 Å². The van der Waals surface area contributed by atoms with Gasteiger partial charge in [0.2, 0.25) is 0 Å². The van der Waals surface area contributed by atoms with Crippen molar-refractivity contribution in [2.75, 3.05) is 5.32 Å². The zero-order valence-corrected chi connectivity index (χ0v) is 18.6. The molecule has 35 heavy (non-hydrogen) atoms. The molecule has 1 heterocycles. The van der Waals surface area contributed by atoms with Gasteiger partial charge in [0, 0.05) is 6.20 Å². The number of hydrogen-bond acceptors (Lipinski definition) is 5. The summed E-state index contributed by atoms with van der Waals surface area (Å²) in [5, 5.41) is 2.23. The minimum absolute atomic E-state index is 0.0760. The molecule has 1 aromatic heterocycles. The van der Waals surface area contributed by atoms with Crippen LogP contribution in [0.3, 0.4) is 0 Å². The Hall–Kier alpha value is -3.51. The van der Waals surface area contributed by atoms with Gasteiger partial charge in [0.05, 0.1) is 29.0 Å². The highest BCUT2D eigenvalue weighted by Crippen LogP contribution is 2.38. The molecule has 3 rings (SSSR count). The van der Waals surface area contributed by atoms with Gasteiger partial charge in [0.1, 0.15) is 17.3 Å². The number of ether oxygens (including phenoxy) is 1. The van der Waals surface area contributed by atoms with Gasteiger partial charge in [-0.2, -0.15) is 13.2 Å². The molecule has 0 radical (unpaired) electrons. The summed E-state index contributed by atoms with van der Waals surface area (Å²) in [6, 6.07) is 6.71. The van der Waals surface area contributed by atoms with E-state index >= 15 is 0 Å². The normalized spacial score (nSPS) is 11.9. The second kappa shape index (κ2) is 10.0. The zero-order valence-electron chi connectivity index (χ0n) is 17.7. The lowest BCUT2D eigenvalue weighted by Gasteiger charge is -2.16. The van der Waals surface area contributed by atoms with Gasteiger partial charge in [-0.25, -0.2) is 8.96 Å². The number of aryl methyl sites for hydroxylation is 1. The average Bonchev–Trinajstić information content (AvgIpc) is 2.74. The third-order valence-electron chi connectivity index (χ3n) is 4.60. The Balaban J connectivity index is 2.01. The molecule has 0 fully saturated rings. The molecule has 3 aromatic rings. The molecule has 1 amide bonds. The predicted octanol–water partition coefficient (Wildman–Crippen LogP) is 4.50. The summed E-state index contributed by atoms with van der Waals surface area (Å²) in [4.78, 5) is 45.1. The fourth-order valence-electron chi connectivity index (χ4n) is 2.93. The second-order valence-electron chi connectivity index (χ2n) is 7.14. The minimum Gasteiger partial charge on any atom is -0.456 e. The molecule has 0 spiro atoms. The van der Waals surface area contributed by atoms with Crippen molar-refractivity contribution < 1.29 is 46.0 Å². The van der Waals surface area contributed by atoms with E-state index in [1.807, 2.05) is 0 Å². The number of aromatic nitrogens is 1. The first kappa shape index (κ1) is 26.1. The molecule has 0 atom stereocenters. The van der Waals surface area contributed by atoms with Crippen LogP contribution in [0.25, 0.3) is 0 Å². The fraction of sp³-hybridized carbons (Fsp3) is 0.143. The molecule has 0 aliphatic carbocycles. The monoisotopic (exact) mass is 516 g/mol. The SMILES string of the molecule is Cc1cc(F)ccc1Oc1ccc(C(F)(F)F)cc1C(=O)Nc1cc[nH]c(=O)c1COP(=O)(O)O. The number of alkyl halides is 3. The van der Waals surface area contributed by atoms with Crippen LogP contribution in [0.4, 0.5) is 23.2 Å². The van der Waals surface area contributed by atoms with Crippen molar-refractivity contribution >= 4 is 19.4 Å². The van der Waals surface area contributed by atoms with Crippen LogP contribution in [0.15, 0.2) is 53.5 Å². The van der Waals surface area contributed by atoms with Gasteiger partial charge in [0.15, 0.2) is 0 Å². The second-order valence-corrected chi connectivity index (χ2v) is 8.38. The van der Waals surface area contributed by atoms with Crippen molar-refractivity contribution in [3.63, 3.8) is 0 Å². The van der Waals surface area contributed by atoms with Crippen molar-refractivity contribution in [1.29, 1.82) is 0 Å². The highest BCUT2D eigenvalue weighted by atomic mass is 31.2. The molecule has 4 N–H and O–H groups in total. The van der Waals surface area contributed by atoms with E-state index in [4.69, 9.17) is 14.5 Å². The first-order valence-corrected chi connectivity index (χ1v) is 11.1. The minimum atomic E-state index is -4.98. The Bertz CT molecular complexity index is 1370. The molecule has 2 aromatic carbocycles. The molecule has 0 aliphatic heterocycles. The van der Waals surface area contributed by atoms with Crippen LogP contribution < -0.4 is 15.6 Å². The smallest absolute Gasteiger partial charge is 0.456 e. The number of carbonyl (C=O) groups is 1. The maximum atomic E-state index is 13.4. The van der Waals surface area contributed by atoms with E-state index in [9.17, 15) is 31.7 Å². The lowest BCUT2D eigenvalue weighted by atomic mass is 10.1. The Morgan fingerprint density at radius 1 is 1.11 bits per heavy atom. The van der Waals surface area contributed by atoms with Gasteiger partial charge in [-0.15, -0.1) is 0 Å². The van der Waals surface area contributed by atoms with Crippen LogP contribution in [-0.4, -0.2) is 20.7 Å². The fourth-order valence-corrected chi connectivity index (χ4v) is 3.23. The Morgan fingerprint density at radius 3 is 2.43 bits per heavy atom. The van der Waals surface area contributed by atoms with Gasteiger partial charge in [-0.05, 0) is 55.0 Å². The molecular formula is C21H17F4N2O7P. The van der Waals surface area contributed by atoms with Crippen molar-refractivity contribution in [3.8, 4) is 11.5 Å². The number of anilines is 1. The van der Waals surface area contributed by atoms with Crippen LogP contribution in [0.1, 0.15) is 27.0 Å². The lowest BCUT2D eigenvalue weighted by molar-refractivity contribution is -0.137. The number of carbonyl (C=O) groups excluding carboxylic acids is 1. The lowest BCUT2D eigenvalue weighted by Crippen LogP contribution is -2.21. The number of phosphoric ester groups is 1. The molecule has 0 saturated heterocycles. The molecule has 0 bridgehead atoms. The first-order valence-electron chi connectivity index (χ1n) is 9.62. The van der Waals surface area contributed by atoms with E-state index in [1.165, 1.54) is 13.0 Å². The predicted molar refractivity (Wildman–Crippen MR) is 115 cm³/mol. The number of halogens is 4. The van der Waals surface area contributed by atoms with Crippen molar-refractivity contribution in [2.45, 2.75) is 19.7 Å². The van der Waals surface area contributed by atoms with E-state index < -0.39 is 54.6 Å². The first-order chi connectivity index (χ1) is 16.2. The van der Waals surface area contributed by atoms with Crippen molar-refractivity contribution in [1.82, 2.24) is 4.98 Å². The van der Waals surface area contributed by atoms with Crippen LogP contribution in [0.2, 0.25) is 0 Å². The van der Waals surface area contributed by atoms with E-state index in [-0.39, 0.29) is 17.2 Å². The van der Waals surface area contributed by atoms with E-state index in [0.717, 1.165) is 30.5 Å². The third-order valence-corrected chi connectivity index (χ3v) is 5.06. The number of amides is 1. The van der Waals surface area contributed by atoms with Crippen LogP contribution in [-0.2, 0) is 21.9 Å². The summed E-state index contributed by atoms with van der Waals surface area (Å²) in [5.74, 6) is -1.93. The largest absolute Gasteiger partial charge is 0.469 e.